The first-order valence-electron chi connectivity index (χ1n) is 6.54. The van der Waals surface area contributed by atoms with Gasteiger partial charge in [-0.25, -0.2) is 13.2 Å². The van der Waals surface area contributed by atoms with Gasteiger partial charge in [-0.1, -0.05) is 50.2 Å². The lowest BCUT2D eigenvalue weighted by Crippen LogP contribution is -2.41. The molecule has 2 rings (SSSR count). The first-order chi connectivity index (χ1) is 9.89. The molecule has 0 saturated carbocycles. The van der Waals surface area contributed by atoms with E-state index in [1.807, 2.05) is 44.2 Å². The van der Waals surface area contributed by atoms with Crippen LogP contribution in [0.1, 0.15) is 31.0 Å². The first-order valence-corrected chi connectivity index (χ1v) is 6.54. The van der Waals surface area contributed by atoms with Crippen LogP contribution in [-0.4, -0.2) is 0 Å². The number of hydrazine groups is 1. The lowest BCUT2D eigenvalue weighted by Gasteiger charge is -2.35. The van der Waals surface area contributed by atoms with E-state index < -0.39 is 28.9 Å². The van der Waals surface area contributed by atoms with Crippen LogP contribution in [0.3, 0.4) is 0 Å². The molecule has 0 spiro atoms. The molecule has 0 bridgehead atoms. The van der Waals surface area contributed by atoms with Crippen molar-refractivity contribution >= 4 is 0 Å². The van der Waals surface area contributed by atoms with Crippen molar-refractivity contribution in [1.82, 2.24) is 5.43 Å². The predicted molar refractivity (Wildman–Crippen MR) is 75.8 cm³/mol. The Balaban J connectivity index is 2.52. The van der Waals surface area contributed by atoms with E-state index >= 15 is 0 Å². The molecule has 1 unspecified atom stereocenters. The molecule has 0 heterocycles. The molecule has 0 aliphatic carbocycles. The molecule has 0 saturated heterocycles. The summed E-state index contributed by atoms with van der Waals surface area (Å²) in [5.74, 6) is 1.62. The summed E-state index contributed by atoms with van der Waals surface area (Å²) >= 11 is 0. The zero-order chi connectivity index (χ0) is 15.6. The minimum absolute atomic E-state index is 0.00902. The van der Waals surface area contributed by atoms with Gasteiger partial charge in [0, 0.05) is 11.0 Å². The SMILES string of the molecule is CC(C)(c1ccccc1)C(NN)c1ccc(F)c(F)c1F. The standard InChI is InChI=1S/C16H17F3N2/c1-16(2,10-6-4-3-5-7-10)15(21-20)11-8-9-12(17)14(19)13(11)18/h3-9,15,21H,20H2,1-2H3. The zero-order valence-electron chi connectivity index (χ0n) is 11.8. The third kappa shape index (κ3) is 2.80. The molecule has 2 nitrogen and oxygen atoms in total. The lowest BCUT2D eigenvalue weighted by molar-refractivity contribution is 0.334. The number of hydrogen-bond donors (Lipinski definition) is 2. The van der Waals surface area contributed by atoms with Crippen LogP contribution >= 0.6 is 0 Å². The van der Waals surface area contributed by atoms with Gasteiger partial charge in [0.25, 0.3) is 0 Å². The highest BCUT2D eigenvalue weighted by Crippen LogP contribution is 2.37. The van der Waals surface area contributed by atoms with Crippen molar-refractivity contribution in [1.29, 1.82) is 0 Å². The average molecular weight is 294 g/mol. The van der Waals surface area contributed by atoms with E-state index in [-0.39, 0.29) is 5.56 Å². The second kappa shape index (κ2) is 5.87. The van der Waals surface area contributed by atoms with Crippen LogP contribution in [-0.2, 0) is 5.41 Å². The van der Waals surface area contributed by atoms with Gasteiger partial charge in [0.2, 0.25) is 0 Å². The number of benzene rings is 2. The number of hydrogen-bond acceptors (Lipinski definition) is 2. The average Bonchev–Trinajstić information content (AvgIpc) is 2.48. The second-order valence-corrected chi connectivity index (χ2v) is 5.45. The van der Waals surface area contributed by atoms with E-state index in [1.54, 1.807) is 0 Å². The Morgan fingerprint density at radius 3 is 2.14 bits per heavy atom. The highest BCUT2D eigenvalue weighted by Gasteiger charge is 2.34. The topological polar surface area (TPSA) is 38.0 Å². The van der Waals surface area contributed by atoms with E-state index in [9.17, 15) is 13.2 Å². The highest BCUT2D eigenvalue weighted by atomic mass is 19.2. The summed E-state index contributed by atoms with van der Waals surface area (Å²) in [6, 6.07) is 10.7. The Kier molecular flexibility index (Phi) is 4.34. The smallest absolute Gasteiger partial charge is 0.194 e. The Morgan fingerprint density at radius 1 is 0.952 bits per heavy atom. The number of nitrogens with two attached hydrogens (primary N) is 1. The molecule has 2 aromatic rings. The van der Waals surface area contributed by atoms with Crippen molar-refractivity contribution in [3.05, 3.63) is 71.0 Å². The van der Waals surface area contributed by atoms with E-state index in [1.165, 1.54) is 6.07 Å². The highest BCUT2D eigenvalue weighted by molar-refractivity contribution is 5.33. The van der Waals surface area contributed by atoms with Crippen molar-refractivity contribution < 1.29 is 13.2 Å². The fourth-order valence-corrected chi connectivity index (χ4v) is 2.49. The summed E-state index contributed by atoms with van der Waals surface area (Å²) in [7, 11) is 0. The normalized spacial score (nSPS) is 13.2. The minimum atomic E-state index is -1.49. The molecule has 112 valence electrons. The molecule has 3 N–H and O–H groups in total. The van der Waals surface area contributed by atoms with Crippen molar-refractivity contribution in [2.45, 2.75) is 25.3 Å². The van der Waals surface area contributed by atoms with Crippen molar-refractivity contribution in [2.75, 3.05) is 0 Å². The Hall–Kier alpha value is -1.85. The number of nitrogens with one attached hydrogen (secondary N) is 1. The van der Waals surface area contributed by atoms with Crippen LogP contribution in [0.2, 0.25) is 0 Å². The summed E-state index contributed by atoms with van der Waals surface area (Å²) in [6.07, 6.45) is 0. The lowest BCUT2D eigenvalue weighted by atomic mass is 9.75. The van der Waals surface area contributed by atoms with Crippen LogP contribution in [0.5, 0.6) is 0 Å². The van der Waals surface area contributed by atoms with Crippen LogP contribution in [0, 0.1) is 17.5 Å². The van der Waals surface area contributed by atoms with Crippen LogP contribution in [0.15, 0.2) is 42.5 Å². The van der Waals surface area contributed by atoms with E-state index in [0.29, 0.717) is 0 Å². The van der Waals surface area contributed by atoms with Gasteiger partial charge in [-0.05, 0) is 11.6 Å². The molecule has 0 aliphatic rings. The Morgan fingerprint density at radius 2 is 1.57 bits per heavy atom. The molecule has 0 radical (unpaired) electrons. The number of rotatable bonds is 4. The van der Waals surface area contributed by atoms with Gasteiger partial charge in [-0.3, -0.25) is 11.3 Å². The molecule has 0 fully saturated rings. The summed E-state index contributed by atoms with van der Waals surface area (Å²) in [4.78, 5) is 0. The maximum Gasteiger partial charge on any atom is 0.194 e. The molecule has 1 atom stereocenters. The minimum Gasteiger partial charge on any atom is -0.271 e. The van der Waals surface area contributed by atoms with Gasteiger partial charge in [-0.2, -0.15) is 0 Å². The largest absolute Gasteiger partial charge is 0.271 e. The molecular formula is C16H17F3N2. The molecule has 21 heavy (non-hydrogen) atoms. The molecule has 0 aromatic heterocycles. The van der Waals surface area contributed by atoms with Crippen LogP contribution < -0.4 is 11.3 Å². The van der Waals surface area contributed by atoms with Crippen molar-refractivity contribution in [2.24, 2.45) is 5.84 Å². The van der Waals surface area contributed by atoms with Crippen molar-refractivity contribution in [3.8, 4) is 0 Å². The fraction of sp³-hybridized carbons (Fsp3) is 0.250. The van der Waals surface area contributed by atoms with E-state index in [0.717, 1.165) is 11.6 Å². The first kappa shape index (κ1) is 15.5. The summed E-state index contributed by atoms with van der Waals surface area (Å²) in [6.45, 7) is 3.71. The van der Waals surface area contributed by atoms with Gasteiger partial charge >= 0.3 is 0 Å². The van der Waals surface area contributed by atoms with Gasteiger partial charge in [0.1, 0.15) is 0 Å². The third-order valence-corrected chi connectivity index (χ3v) is 3.78. The van der Waals surface area contributed by atoms with Crippen molar-refractivity contribution in [3.63, 3.8) is 0 Å². The van der Waals surface area contributed by atoms with Gasteiger partial charge in [-0.15, -0.1) is 0 Å². The fourth-order valence-electron chi connectivity index (χ4n) is 2.49. The molecule has 2 aromatic carbocycles. The summed E-state index contributed by atoms with van der Waals surface area (Å²) in [5, 5.41) is 0. The van der Waals surface area contributed by atoms with Crippen LogP contribution in [0.25, 0.3) is 0 Å². The van der Waals surface area contributed by atoms with Gasteiger partial charge in [0.15, 0.2) is 17.5 Å². The zero-order valence-corrected chi connectivity index (χ0v) is 11.8. The Labute approximate surface area is 121 Å². The van der Waals surface area contributed by atoms with Gasteiger partial charge in [0.05, 0.1) is 6.04 Å². The van der Waals surface area contributed by atoms with E-state index in [2.05, 4.69) is 5.43 Å². The maximum atomic E-state index is 14.0. The molecule has 0 amide bonds. The quantitative estimate of drug-likeness (QED) is 0.514. The number of halogens is 3. The predicted octanol–water partition coefficient (Wildman–Crippen LogP) is 3.59. The van der Waals surface area contributed by atoms with Gasteiger partial charge < -0.3 is 0 Å². The second-order valence-electron chi connectivity index (χ2n) is 5.45. The summed E-state index contributed by atoms with van der Waals surface area (Å²) in [5.41, 5.74) is 2.78. The molecule has 5 heteroatoms. The monoisotopic (exact) mass is 294 g/mol. The third-order valence-electron chi connectivity index (χ3n) is 3.78. The Bertz CT molecular complexity index is 627. The molecule has 0 aliphatic heterocycles. The van der Waals surface area contributed by atoms with Crippen LogP contribution in [0.4, 0.5) is 13.2 Å². The maximum absolute atomic E-state index is 14.0. The molecular weight excluding hydrogens is 277 g/mol. The van der Waals surface area contributed by atoms with E-state index in [4.69, 9.17) is 5.84 Å². The summed E-state index contributed by atoms with van der Waals surface area (Å²) < 4.78 is 40.6.